The number of nitrogens with one attached hydrogen (secondary N) is 1. The van der Waals surface area contributed by atoms with Crippen LogP contribution < -0.4 is 8.69 Å². The van der Waals surface area contributed by atoms with Crippen LogP contribution in [0.4, 0.5) is 13.2 Å². The molecular weight excluding hydrogens is 397 g/mol. The lowest BCUT2D eigenvalue weighted by Gasteiger charge is -2.06. The molecule has 0 saturated carbocycles. The molecule has 1 heterocycles. The monoisotopic (exact) mass is 415 g/mol. The van der Waals surface area contributed by atoms with Crippen LogP contribution in [0.5, 0.6) is 0 Å². The predicted octanol–water partition coefficient (Wildman–Crippen LogP) is 0.955. The lowest BCUT2D eigenvalue weighted by Crippen LogP contribution is -2.39. The number of alkyl halides is 3. The van der Waals surface area contributed by atoms with Crippen LogP contribution in [0.1, 0.15) is 13.3 Å². The molecule has 0 fully saturated rings. The maximum absolute atomic E-state index is 11.4. The highest BCUT2D eigenvalue weighted by molar-refractivity contribution is 8.04. The molecule has 0 saturated heterocycles. The molecule has 8 nitrogen and oxygen atoms in total. The summed E-state index contributed by atoms with van der Waals surface area (Å²) >= 11 is 0. The van der Waals surface area contributed by atoms with E-state index in [0.717, 1.165) is 18.7 Å². The number of para-hydroxylation sites is 1. The van der Waals surface area contributed by atoms with Gasteiger partial charge in [0.2, 0.25) is 16.4 Å². The number of sulfonamides is 2. The highest BCUT2D eigenvalue weighted by Crippen LogP contribution is 2.21. The van der Waals surface area contributed by atoms with Crippen molar-refractivity contribution >= 4 is 20.0 Å². The summed E-state index contributed by atoms with van der Waals surface area (Å²) in [5.41, 5.74) is -4.52. The van der Waals surface area contributed by atoms with Crippen LogP contribution in [-0.2, 0) is 26.6 Å². The Hall–Kier alpha value is -1.99. The van der Waals surface area contributed by atoms with Gasteiger partial charge in [-0.3, -0.25) is 0 Å². The topological polar surface area (TPSA) is 102 Å². The molecule has 0 radical (unpaired) electrons. The number of aryl methyl sites for hydroxylation is 1. The molecule has 0 aliphatic heterocycles. The maximum Gasteiger partial charge on any atom is 0.512 e. The van der Waals surface area contributed by atoms with Crippen molar-refractivity contribution in [2.75, 3.05) is 6.26 Å². The molecule has 2 rings (SSSR count). The van der Waals surface area contributed by atoms with Gasteiger partial charge in [0, 0.05) is 5.10 Å². The van der Waals surface area contributed by atoms with Crippen LogP contribution >= 0.6 is 0 Å². The van der Waals surface area contributed by atoms with Crippen molar-refractivity contribution in [1.82, 2.24) is 13.9 Å². The Labute approximate surface area is 149 Å². The summed E-state index contributed by atoms with van der Waals surface area (Å²) in [7, 11) is -10.2. The molecule has 0 aliphatic rings. The normalized spacial score (nSPS) is 12.3. The van der Waals surface area contributed by atoms with Crippen molar-refractivity contribution < 1.29 is 34.6 Å². The molecule has 0 unspecified atom stereocenters. The number of benzene rings is 1. The maximum atomic E-state index is 11.4. The van der Waals surface area contributed by atoms with Crippen molar-refractivity contribution in [3.8, 4) is 5.69 Å². The highest BCUT2D eigenvalue weighted by Gasteiger charge is 2.47. The van der Waals surface area contributed by atoms with Crippen molar-refractivity contribution in [3.63, 3.8) is 0 Å². The van der Waals surface area contributed by atoms with E-state index in [-0.39, 0.29) is 0 Å². The van der Waals surface area contributed by atoms with E-state index in [1.807, 2.05) is 47.7 Å². The van der Waals surface area contributed by atoms with Crippen LogP contribution in [0.15, 0.2) is 43.0 Å². The Morgan fingerprint density at radius 3 is 2.15 bits per heavy atom. The first kappa shape index (κ1) is 22.1. The van der Waals surface area contributed by atoms with Gasteiger partial charge in [-0.2, -0.15) is 13.2 Å². The van der Waals surface area contributed by atoms with E-state index in [1.165, 1.54) is 0 Å². The first-order chi connectivity index (χ1) is 11.9. The van der Waals surface area contributed by atoms with Crippen LogP contribution in [0.3, 0.4) is 0 Å². The predicted molar refractivity (Wildman–Crippen MR) is 87.0 cm³/mol. The third-order valence-corrected chi connectivity index (χ3v) is 5.35. The smallest absolute Gasteiger partial charge is 0.237 e. The summed E-state index contributed by atoms with van der Waals surface area (Å²) in [5.74, 6) is 0. The van der Waals surface area contributed by atoms with E-state index in [1.54, 1.807) is 0 Å². The second-order valence-electron chi connectivity index (χ2n) is 5.07. The minimum atomic E-state index is -5.79. The molecule has 0 amide bonds. The molecule has 2 aromatic rings. The Bertz CT molecular complexity index is 910. The van der Waals surface area contributed by atoms with Gasteiger partial charge in [0.05, 0.1) is 12.8 Å². The van der Waals surface area contributed by atoms with Gasteiger partial charge in [-0.1, -0.05) is 29.8 Å². The van der Waals surface area contributed by atoms with E-state index in [4.69, 9.17) is 0 Å². The van der Waals surface area contributed by atoms with Gasteiger partial charge < -0.3 is 0 Å². The zero-order valence-corrected chi connectivity index (χ0v) is 15.5. The molecule has 13 heteroatoms. The largest absolute Gasteiger partial charge is 0.512 e. The average Bonchev–Trinajstić information content (AvgIpc) is 2.94. The van der Waals surface area contributed by atoms with Gasteiger partial charge in [-0.25, -0.2) is 21.4 Å². The number of hydrogen-bond donors (Lipinski definition) is 1. The molecular formula is C13H18F3N4O4S2+. The van der Waals surface area contributed by atoms with Gasteiger partial charge in [0.1, 0.15) is 5.69 Å². The lowest BCUT2D eigenvalue weighted by atomic mass is 10.3. The third kappa shape index (κ3) is 7.09. The average molecular weight is 415 g/mol. The van der Waals surface area contributed by atoms with Crippen molar-refractivity contribution in [3.05, 3.63) is 43.0 Å². The van der Waals surface area contributed by atoms with Crippen LogP contribution in [-0.4, -0.2) is 38.4 Å². The number of aromatic nitrogens is 3. The van der Waals surface area contributed by atoms with E-state index < -0.39 is 25.6 Å². The molecule has 146 valence electrons. The molecule has 1 aromatic heterocycles. The number of halogens is 3. The standard InChI is InChI=1S/C11H14N3.C2H4F3NO4S2/c1-2-8-13-9-12-14(10-13)11-6-4-3-5-7-11;1-11(7,8)6-12(9,10)2(3,4)5/h3-7,9-10H,2,8H2,1H3;6H,1H3/q+1;. The number of hydrogen-bond acceptors (Lipinski definition) is 5. The Morgan fingerprint density at radius 1 is 1.15 bits per heavy atom. The second kappa shape index (κ2) is 8.60. The van der Waals surface area contributed by atoms with Gasteiger partial charge >= 0.3 is 15.5 Å². The zero-order valence-electron chi connectivity index (χ0n) is 13.9. The van der Waals surface area contributed by atoms with Crippen molar-refractivity contribution in [2.45, 2.75) is 25.4 Å². The molecule has 0 atom stereocenters. The molecule has 0 aliphatic carbocycles. The van der Waals surface area contributed by atoms with E-state index in [2.05, 4.69) is 16.6 Å². The second-order valence-corrected chi connectivity index (χ2v) is 8.75. The summed E-state index contributed by atoms with van der Waals surface area (Å²) in [6, 6.07) is 10.1. The number of rotatable bonds is 5. The van der Waals surface area contributed by atoms with E-state index in [0.29, 0.717) is 10.4 Å². The SMILES string of the molecule is CCC[n+]1cnn(-c2ccccc2)c1.CS(=O)(=O)NS(=O)(=O)C(F)(F)F. The Balaban J connectivity index is 0.000000265. The summed E-state index contributed by atoms with van der Waals surface area (Å²) in [6.07, 6.45) is 5.30. The fraction of sp³-hybridized carbons (Fsp3) is 0.385. The van der Waals surface area contributed by atoms with Crippen LogP contribution in [0, 0.1) is 0 Å². The quantitative estimate of drug-likeness (QED) is 0.733. The van der Waals surface area contributed by atoms with Gasteiger partial charge in [0.15, 0.2) is 0 Å². The van der Waals surface area contributed by atoms with Crippen LogP contribution in [0.25, 0.3) is 5.69 Å². The molecule has 26 heavy (non-hydrogen) atoms. The zero-order chi connectivity index (χ0) is 20.0. The summed E-state index contributed by atoms with van der Waals surface area (Å²) < 4.78 is 79.1. The Kier molecular flexibility index (Phi) is 7.29. The van der Waals surface area contributed by atoms with Gasteiger partial charge in [-0.15, -0.1) is 4.13 Å². The summed E-state index contributed by atoms with van der Waals surface area (Å²) in [5, 5.41) is 4.28. The Morgan fingerprint density at radius 2 is 1.73 bits per heavy atom. The minimum absolute atomic E-state index is 0.302. The molecule has 0 spiro atoms. The lowest BCUT2D eigenvalue weighted by molar-refractivity contribution is -0.697. The van der Waals surface area contributed by atoms with Crippen molar-refractivity contribution in [2.24, 2.45) is 0 Å². The first-order valence-corrected chi connectivity index (χ1v) is 10.5. The third-order valence-electron chi connectivity index (χ3n) is 2.65. The van der Waals surface area contributed by atoms with Crippen molar-refractivity contribution in [1.29, 1.82) is 0 Å². The highest BCUT2D eigenvalue weighted by atomic mass is 32.3. The van der Waals surface area contributed by atoms with Crippen LogP contribution in [0.2, 0.25) is 0 Å². The summed E-state index contributed by atoms with van der Waals surface area (Å²) in [6.45, 7) is 3.18. The fourth-order valence-electron chi connectivity index (χ4n) is 1.66. The summed E-state index contributed by atoms with van der Waals surface area (Å²) in [4.78, 5) is 0. The van der Waals surface area contributed by atoms with Gasteiger partial charge in [-0.05, 0) is 18.6 Å². The molecule has 0 bridgehead atoms. The van der Waals surface area contributed by atoms with E-state index in [9.17, 15) is 30.0 Å². The van der Waals surface area contributed by atoms with E-state index >= 15 is 0 Å². The van der Waals surface area contributed by atoms with Gasteiger partial charge in [0.25, 0.3) is 6.33 Å². The number of nitrogens with zero attached hydrogens (tertiary/aromatic N) is 3. The molecule has 1 N–H and O–H groups in total. The molecule has 1 aromatic carbocycles. The first-order valence-electron chi connectivity index (χ1n) is 7.14. The fourth-order valence-corrected chi connectivity index (χ4v) is 3.63. The minimum Gasteiger partial charge on any atom is -0.237 e.